The minimum Gasteiger partial charge on any atom is -0.462 e. The number of rotatable bonds is 6. The fraction of sp³-hybridized carbons (Fsp3) is 0.129. The van der Waals surface area contributed by atoms with Crippen LogP contribution in [-0.2, 0) is 4.74 Å². The number of hydrogen-bond donors (Lipinski definition) is 1. The minimum atomic E-state index is -0.465. The number of carbonyl (C=O) groups is 2. The number of nitrogens with one attached hydrogen (secondary N) is 1. The summed E-state index contributed by atoms with van der Waals surface area (Å²) in [7, 11) is 0. The van der Waals surface area contributed by atoms with E-state index in [4.69, 9.17) is 9.72 Å². The molecule has 0 unspecified atom stereocenters. The Morgan fingerprint density at radius 3 is 2.41 bits per heavy atom. The van der Waals surface area contributed by atoms with E-state index in [1.807, 2.05) is 72.1 Å². The minimum absolute atomic E-state index is 0.241. The Labute approximate surface area is 219 Å². The van der Waals surface area contributed by atoms with Gasteiger partial charge in [0.05, 0.1) is 23.4 Å². The molecule has 0 saturated carbocycles. The molecular weight excluding hydrogens is 480 g/mol. The molecule has 0 spiro atoms. The fourth-order valence-electron chi connectivity index (χ4n) is 4.27. The summed E-state index contributed by atoms with van der Waals surface area (Å²) in [6.45, 7) is 6.13. The van der Waals surface area contributed by atoms with Gasteiger partial charge in [-0.15, -0.1) is 11.3 Å². The van der Waals surface area contributed by atoms with Gasteiger partial charge in [-0.25, -0.2) is 9.78 Å². The van der Waals surface area contributed by atoms with Gasteiger partial charge < -0.3 is 10.1 Å². The Morgan fingerprint density at radius 2 is 1.65 bits per heavy atom. The number of ether oxygens (including phenoxy) is 1. The zero-order valence-corrected chi connectivity index (χ0v) is 21.7. The normalized spacial score (nSPS) is 10.9. The molecule has 0 saturated heterocycles. The van der Waals surface area contributed by atoms with Crippen LogP contribution in [0.2, 0.25) is 0 Å². The average Bonchev–Trinajstić information content (AvgIpc) is 3.33. The highest BCUT2D eigenvalue weighted by Gasteiger charge is 2.24. The van der Waals surface area contributed by atoms with Crippen LogP contribution in [-0.4, -0.2) is 23.5 Å². The first-order chi connectivity index (χ1) is 18.0. The van der Waals surface area contributed by atoms with Crippen LogP contribution in [0, 0.1) is 13.8 Å². The largest absolute Gasteiger partial charge is 0.462 e. The van der Waals surface area contributed by atoms with E-state index in [9.17, 15) is 9.59 Å². The lowest BCUT2D eigenvalue weighted by Crippen LogP contribution is -2.15. The van der Waals surface area contributed by atoms with Crippen molar-refractivity contribution in [1.82, 2.24) is 4.98 Å². The molecule has 2 heterocycles. The molecule has 1 N–H and O–H groups in total. The third-order valence-corrected chi connectivity index (χ3v) is 7.24. The van der Waals surface area contributed by atoms with Crippen molar-refractivity contribution in [2.45, 2.75) is 20.8 Å². The number of anilines is 1. The summed E-state index contributed by atoms with van der Waals surface area (Å²) in [6.07, 6.45) is 0. The van der Waals surface area contributed by atoms with Crippen molar-refractivity contribution in [3.05, 3.63) is 106 Å². The number of thiophene rings is 1. The highest BCUT2D eigenvalue weighted by Crippen LogP contribution is 2.37. The van der Waals surface area contributed by atoms with E-state index in [1.165, 1.54) is 16.9 Å². The molecule has 0 aliphatic heterocycles. The Balaban J connectivity index is 1.59. The lowest BCUT2D eigenvalue weighted by molar-refractivity contribution is 0.0529. The van der Waals surface area contributed by atoms with Gasteiger partial charge >= 0.3 is 5.97 Å². The molecule has 0 fully saturated rings. The van der Waals surface area contributed by atoms with Crippen LogP contribution in [0.5, 0.6) is 0 Å². The number of pyridine rings is 1. The van der Waals surface area contributed by atoms with Gasteiger partial charge in [0.1, 0.15) is 10.6 Å². The van der Waals surface area contributed by atoms with Gasteiger partial charge in [0.2, 0.25) is 0 Å². The predicted octanol–water partition coefficient (Wildman–Crippen LogP) is 7.68. The van der Waals surface area contributed by atoms with Crippen molar-refractivity contribution in [3.8, 4) is 22.4 Å². The lowest BCUT2D eigenvalue weighted by Gasteiger charge is -2.12. The molecule has 0 bridgehead atoms. The third-order valence-electron chi connectivity index (χ3n) is 6.35. The molecule has 1 amide bonds. The maximum atomic E-state index is 13.7. The van der Waals surface area contributed by atoms with E-state index in [0.717, 1.165) is 33.2 Å². The van der Waals surface area contributed by atoms with Gasteiger partial charge in [-0.1, -0.05) is 60.7 Å². The Morgan fingerprint density at radius 1 is 0.892 bits per heavy atom. The standard InChI is InChI=1S/C31H26N2O3S/c1-4-36-31(35)28-25(21-10-6-5-7-11-21)18-37-30(28)33-29(34)24-17-27(22-15-14-19(2)20(3)16-22)32-26-13-9-8-12-23(24)26/h5-18H,4H2,1-3H3,(H,33,34). The van der Waals surface area contributed by atoms with Crippen molar-refractivity contribution in [2.24, 2.45) is 0 Å². The highest BCUT2D eigenvalue weighted by molar-refractivity contribution is 7.15. The molecule has 0 aliphatic carbocycles. The summed E-state index contributed by atoms with van der Waals surface area (Å²) in [5, 5.41) is 6.07. The first-order valence-electron chi connectivity index (χ1n) is 12.1. The predicted molar refractivity (Wildman–Crippen MR) is 150 cm³/mol. The van der Waals surface area contributed by atoms with Gasteiger partial charge in [0.15, 0.2) is 0 Å². The van der Waals surface area contributed by atoms with Crippen LogP contribution in [0.4, 0.5) is 5.00 Å². The molecule has 37 heavy (non-hydrogen) atoms. The molecule has 184 valence electrons. The van der Waals surface area contributed by atoms with Gasteiger partial charge in [-0.2, -0.15) is 0 Å². The van der Waals surface area contributed by atoms with Crippen molar-refractivity contribution in [2.75, 3.05) is 11.9 Å². The maximum Gasteiger partial charge on any atom is 0.341 e. The van der Waals surface area contributed by atoms with Gasteiger partial charge in [0.25, 0.3) is 5.91 Å². The number of aromatic nitrogens is 1. The van der Waals surface area contributed by atoms with Crippen LogP contribution in [0.15, 0.2) is 84.2 Å². The first-order valence-corrected chi connectivity index (χ1v) is 13.0. The average molecular weight is 507 g/mol. The zero-order chi connectivity index (χ0) is 25.9. The molecule has 3 aromatic carbocycles. The number of benzene rings is 3. The molecule has 6 heteroatoms. The van der Waals surface area contributed by atoms with E-state index >= 15 is 0 Å². The van der Waals surface area contributed by atoms with E-state index in [-0.39, 0.29) is 12.5 Å². The number of carbonyl (C=O) groups excluding carboxylic acids is 2. The first kappa shape index (κ1) is 24.4. The van der Waals surface area contributed by atoms with Crippen LogP contribution in [0.3, 0.4) is 0 Å². The van der Waals surface area contributed by atoms with Crippen molar-refractivity contribution < 1.29 is 14.3 Å². The maximum absolute atomic E-state index is 13.7. The van der Waals surface area contributed by atoms with Crippen molar-refractivity contribution >= 4 is 39.1 Å². The number of aryl methyl sites for hydroxylation is 2. The van der Waals surface area contributed by atoms with Gasteiger partial charge in [-0.3, -0.25) is 4.79 Å². The fourth-order valence-corrected chi connectivity index (χ4v) is 5.22. The Bertz CT molecular complexity index is 1620. The summed E-state index contributed by atoms with van der Waals surface area (Å²) < 4.78 is 5.35. The molecular formula is C31H26N2O3S. The lowest BCUT2D eigenvalue weighted by atomic mass is 10.0. The summed E-state index contributed by atoms with van der Waals surface area (Å²) in [4.78, 5) is 31.5. The zero-order valence-electron chi connectivity index (χ0n) is 20.9. The second kappa shape index (κ2) is 10.4. The Hall–Kier alpha value is -4.29. The van der Waals surface area contributed by atoms with E-state index in [2.05, 4.69) is 31.3 Å². The summed E-state index contributed by atoms with van der Waals surface area (Å²) >= 11 is 1.31. The molecule has 0 radical (unpaired) electrons. The third kappa shape index (κ3) is 4.88. The monoisotopic (exact) mass is 506 g/mol. The molecule has 0 atom stereocenters. The van der Waals surface area contributed by atoms with Crippen LogP contribution in [0.1, 0.15) is 38.8 Å². The summed E-state index contributed by atoms with van der Waals surface area (Å²) in [5.41, 5.74) is 7.20. The molecule has 5 rings (SSSR count). The molecule has 0 aliphatic rings. The number of esters is 1. The second-order valence-corrected chi connectivity index (χ2v) is 9.65. The quantitative estimate of drug-likeness (QED) is 0.240. The topological polar surface area (TPSA) is 68.3 Å². The van der Waals surface area contributed by atoms with E-state index < -0.39 is 5.97 Å². The number of para-hydroxylation sites is 1. The van der Waals surface area contributed by atoms with E-state index in [0.29, 0.717) is 21.8 Å². The van der Waals surface area contributed by atoms with Crippen LogP contribution < -0.4 is 5.32 Å². The number of fused-ring (bicyclic) bond motifs is 1. The van der Waals surface area contributed by atoms with Crippen LogP contribution >= 0.6 is 11.3 Å². The van der Waals surface area contributed by atoms with Gasteiger partial charge in [-0.05, 0) is 55.7 Å². The number of nitrogens with zero attached hydrogens (tertiary/aromatic N) is 1. The summed E-state index contributed by atoms with van der Waals surface area (Å²) in [6, 6.07) is 25.2. The second-order valence-electron chi connectivity index (χ2n) is 8.77. The number of amides is 1. The SMILES string of the molecule is CCOC(=O)c1c(-c2ccccc2)csc1NC(=O)c1cc(-c2ccc(C)c(C)c2)nc2ccccc12. The van der Waals surface area contributed by atoms with Crippen LogP contribution in [0.25, 0.3) is 33.3 Å². The van der Waals surface area contributed by atoms with Gasteiger partial charge in [0, 0.05) is 21.9 Å². The summed E-state index contributed by atoms with van der Waals surface area (Å²) in [5.74, 6) is -0.774. The molecule has 2 aromatic heterocycles. The smallest absolute Gasteiger partial charge is 0.341 e. The van der Waals surface area contributed by atoms with Crippen molar-refractivity contribution in [1.29, 1.82) is 0 Å². The number of hydrogen-bond acceptors (Lipinski definition) is 5. The molecule has 5 aromatic rings. The highest BCUT2D eigenvalue weighted by atomic mass is 32.1. The van der Waals surface area contributed by atoms with Crippen molar-refractivity contribution in [3.63, 3.8) is 0 Å². The Kier molecular flexibility index (Phi) is 6.84. The molecule has 5 nitrogen and oxygen atoms in total. The van der Waals surface area contributed by atoms with E-state index in [1.54, 1.807) is 6.92 Å².